The van der Waals surface area contributed by atoms with Crippen molar-refractivity contribution < 1.29 is 14.5 Å². The summed E-state index contributed by atoms with van der Waals surface area (Å²) in [6.07, 6.45) is 2.91. The Hall–Kier alpha value is -2.48. The van der Waals surface area contributed by atoms with E-state index in [1.165, 1.54) is 12.1 Å². The van der Waals surface area contributed by atoms with E-state index >= 15 is 0 Å². The van der Waals surface area contributed by atoms with Crippen LogP contribution in [0.2, 0.25) is 0 Å². The maximum Gasteiger partial charge on any atom is 0.270 e. The minimum Gasteiger partial charge on any atom is -0.354 e. The smallest absolute Gasteiger partial charge is 0.270 e. The quantitative estimate of drug-likeness (QED) is 0.594. The van der Waals surface area contributed by atoms with Crippen molar-refractivity contribution in [1.82, 2.24) is 10.2 Å². The number of hydrogen-bond donors (Lipinski definition) is 2. The van der Waals surface area contributed by atoms with Gasteiger partial charge in [-0.05, 0) is 31.7 Å². The Bertz CT molecular complexity index is 662. The molecule has 1 aliphatic heterocycles. The highest BCUT2D eigenvalue weighted by atomic mass is 16.6. The van der Waals surface area contributed by atoms with Crippen LogP contribution in [0.3, 0.4) is 0 Å². The Morgan fingerprint density at radius 2 is 2.16 bits per heavy atom. The maximum atomic E-state index is 12.9. The van der Waals surface area contributed by atoms with E-state index < -0.39 is 4.92 Å². The van der Waals surface area contributed by atoms with Gasteiger partial charge in [0.15, 0.2) is 0 Å². The number of nitrogens with two attached hydrogens (primary N) is 1. The molecule has 0 aliphatic carbocycles. The van der Waals surface area contributed by atoms with E-state index in [9.17, 15) is 19.7 Å². The summed E-state index contributed by atoms with van der Waals surface area (Å²) in [6, 6.07) is 4.21. The molecular formula is C17H24N4O4. The number of carbonyl (C=O) groups excluding carboxylic acids is 2. The number of nitro benzene ring substituents is 1. The van der Waals surface area contributed by atoms with Gasteiger partial charge in [-0.15, -0.1) is 0 Å². The van der Waals surface area contributed by atoms with Crippen molar-refractivity contribution in [3.8, 4) is 0 Å². The molecule has 25 heavy (non-hydrogen) atoms. The molecule has 1 atom stereocenters. The first kappa shape index (κ1) is 18.9. The molecule has 3 N–H and O–H groups in total. The van der Waals surface area contributed by atoms with Gasteiger partial charge in [0.25, 0.3) is 11.6 Å². The van der Waals surface area contributed by atoms with E-state index in [0.29, 0.717) is 24.2 Å². The number of aryl methyl sites for hydroxylation is 1. The second-order valence-corrected chi connectivity index (χ2v) is 6.25. The summed E-state index contributed by atoms with van der Waals surface area (Å²) in [5.41, 5.74) is 6.31. The average molecular weight is 348 g/mol. The van der Waals surface area contributed by atoms with Crippen LogP contribution in [0, 0.1) is 17.0 Å². The molecule has 0 spiro atoms. The zero-order chi connectivity index (χ0) is 18.4. The molecule has 1 saturated heterocycles. The molecule has 8 heteroatoms. The van der Waals surface area contributed by atoms with E-state index in [4.69, 9.17) is 5.73 Å². The Morgan fingerprint density at radius 1 is 1.40 bits per heavy atom. The standard InChI is InChI=1S/C17H24N4O4/c1-12-5-6-13(21(24)25)10-15(12)17(23)20-9-3-2-4-14(20)11-19-16(22)7-8-18/h5-6,10,14H,2-4,7-9,11,18H2,1H3,(H,19,22). The zero-order valence-electron chi connectivity index (χ0n) is 14.4. The minimum absolute atomic E-state index is 0.0984. The molecule has 2 rings (SSSR count). The van der Waals surface area contributed by atoms with Gasteiger partial charge in [0, 0.05) is 49.8 Å². The lowest BCUT2D eigenvalue weighted by molar-refractivity contribution is -0.384. The number of carbonyl (C=O) groups is 2. The molecular weight excluding hydrogens is 324 g/mol. The Morgan fingerprint density at radius 3 is 2.84 bits per heavy atom. The van der Waals surface area contributed by atoms with Gasteiger partial charge in [-0.3, -0.25) is 19.7 Å². The number of likely N-dealkylation sites (tertiary alicyclic amines) is 1. The second kappa shape index (κ2) is 8.57. The summed E-state index contributed by atoms with van der Waals surface area (Å²) < 4.78 is 0. The SMILES string of the molecule is Cc1ccc([N+](=O)[O-])cc1C(=O)N1CCCCC1CNC(=O)CCN. The summed E-state index contributed by atoms with van der Waals surface area (Å²) >= 11 is 0. The third-order valence-electron chi connectivity index (χ3n) is 4.46. The van der Waals surface area contributed by atoms with Crippen molar-refractivity contribution in [3.05, 3.63) is 39.4 Å². The molecule has 1 aromatic rings. The average Bonchev–Trinajstić information content (AvgIpc) is 2.60. The van der Waals surface area contributed by atoms with Crippen molar-refractivity contribution >= 4 is 17.5 Å². The van der Waals surface area contributed by atoms with Crippen molar-refractivity contribution in [3.63, 3.8) is 0 Å². The summed E-state index contributed by atoms with van der Waals surface area (Å²) in [5, 5.41) is 13.8. The molecule has 0 bridgehead atoms. The third kappa shape index (κ3) is 4.76. The van der Waals surface area contributed by atoms with E-state index in [0.717, 1.165) is 19.3 Å². The van der Waals surface area contributed by atoms with Crippen LogP contribution in [0.5, 0.6) is 0 Å². The largest absolute Gasteiger partial charge is 0.354 e. The zero-order valence-corrected chi connectivity index (χ0v) is 14.4. The molecule has 0 radical (unpaired) electrons. The van der Waals surface area contributed by atoms with Crippen molar-refractivity contribution in [2.45, 2.75) is 38.6 Å². The topological polar surface area (TPSA) is 119 Å². The molecule has 136 valence electrons. The minimum atomic E-state index is -0.503. The molecule has 0 saturated carbocycles. The van der Waals surface area contributed by atoms with Crippen molar-refractivity contribution in [1.29, 1.82) is 0 Å². The van der Waals surface area contributed by atoms with Crippen LogP contribution in [-0.4, -0.2) is 47.3 Å². The fourth-order valence-corrected chi connectivity index (χ4v) is 3.04. The summed E-state index contributed by atoms with van der Waals surface area (Å²) in [7, 11) is 0. The van der Waals surface area contributed by atoms with Crippen LogP contribution in [-0.2, 0) is 4.79 Å². The van der Waals surface area contributed by atoms with Crippen LogP contribution >= 0.6 is 0 Å². The Balaban J connectivity index is 2.16. The molecule has 1 fully saturated rings. The van der Waals surface area contributed by atoms with Crippen LogP contribution in [0.15, 0.2) is 18.2 Å². The van der Waals surface area contributed by atoms with Gasteiger partial charge in [0.1, 0.15) is 0 Å². The summed E-state index contributed by atoms with van der Waals surface area (Å²) in [6.45, 7) is 3.00. The van der Waals surface area contributed by atoms with Crippen LogP contribution in [0.1, 0.15) is 41.6 Å². The number of non-ortho nitro benzene ring substituents is 1. The third-order valence-corrected chi connectivity index (χ3v) is 4.46. The van der Waals surface area contributed by atoms with E-state index in [1.54, 1.807) is 17.9 Å². The van der Waals surface area contributed by atoms with E-state index in [2.05, 4.69) is 5.32 Å². The lowest BCUT2D eigenvalue weighted by atomic mass is 9.99. The fourth-order valence-electron chi connectivity index (χ4n) is 3.04. The first-order valence-corrected chi connectivity index (χ1v) is 8.46. The van der Waals surface area contributed by atoms with Gasteiger partial charge in [-0.1, -0.05) is 6.07 Å². The molecule has 0 aromatic heterocycles. The predicted octanol–water partition coefficient (Wildman–Crippen LogP) is 1.36. The molecule has 1 aliphatic rings. The van der Waals surface area contributed by atoms with Crippen LogP contribution in [0.4, 0.5) is 5.69 Å². The number of benzene rings is 1. The fraction of sp³-hybridized carbons (Fsp3) is 0.529. The molecule has 1 aromatic carbocycles. The number of nitro groups is 1. The number of piperidine rings is 1. The number of nitrogens with one attached hydrogen (secondary N) is 1. The number of nitrogens with zero attached hydrogens (tertiary/aromatic N) is 2. The highest BCUT2D eigenvalue weighted by Crippen LogP contribution is 2.23. The molecule has 1 unspecified atom stereocenters. The van der Waals surface area contributed by atoms with Gasteiger partial charge in [0.05, 0.1) is 4.92 Å². The highest BCUT2D eigenvalue weighted by molar-refractivity contribution is 5.96. The van der Waals surface area contributed by atoms with E-state index in [1.807, 2.05) is 0 Å². The normalized spacial score (nSPS) is 17.2. The Kier molecular flexibility index (Phi) is 6.46. The van der Waals surface area contributed by atoms with E-state index in [-0.39, 0.29) is 36.5 Å². The summed E-state index contributed by atoms with van der Waals surface area (Å²) in [5.74, 6) is -0.356. The van der Waals surface area contributed by atoms with Gasteiger partial charge < -0.3 is 16.0 Å². The summed E-state index contributed by atoms with van der Waals surface area (Å²) in [4.78, 5) is 36.8. The molecule has 1 heterocycles. The van der Waals surface area contributed by atoms with Crippen molar-refractivity contribution in [2.24, 2.45) is 5.73 Å². The first-order valence-electron chi connectivity index (χ1n) is 8.46. The molecule has 8 nitrogen and oxygen atoms in total. The highest BCUT2D eigenvalue weighted by Gasteiger charge is 2.29. The van der Waals surface area contributed by atoms with Gasteiger partial charge >= 0.3 is 0 Å². The lowest BCUT2D eigenvalue weighted by Crippen LogP contribution is -2.49. The van der Waals surface area contributed by atoms with Crippen LogP contribution in [0.25, 0.3) is 0 Å². The number of amides is 2. The van der Waals surface area contributed by atoms with Gasteiger partial charge in [-0.2, -0.15) is 0 Å². The van der Waals surface area contributed by atoms with Crippen molar-refractivity contribution in [2.75, 3.05) is 19.6 Å². The first-order chi connectivity index (χ1) is 11.9. The number of rotatable bonds is 6. The van der Waals surface area contributed by atoms with Gasteiger partial charge in [0.2, 0.25) is 5.91 Å². The maximum absolute atomic E-state index is 12.9. The molecule has 2 amide bonds. The monoisotopic (exact) mass is 348 g/mol. The number of hydrogen-bond acceptors (Lipinski definition) is 5. The van der Waals surface area contributed by atoms with Gasteiger partial charge in [-0.25, -0.2) is 0 Å². The predicted molar refractivity (Wildman–Crippen MR) is 93.2 cm³/mol. The second-order valence-electron chi connectivity index (χ2n) is 6.25. The van der Waals surface area contributed by atoms with Crippen LogP contribution < -0.4 is 11.1 Å². The lowest BCUT2D eigenvalue weighted by Gasteiger charge is -2.36. The Labute approximate surface area is 146 Å².